The monoisotopic (exact) mass is 385 g/mol. The van der Waals surface area contributed by atoms with E-state index in [1.807, 2.05) is 11.0 Å². The predicted octanol–water partition coefficient (Wildman–Crippen LogP) is 3.70. The van der Waals surface area contributed by atoms with Gasteiger partial charge in [0.25, 0.3) is 5.91 Å². The van der Waals surface area contributed by atoms with E-state index >= 15 is 0 Å². The molecule has 28 heavy (non-hydrogen) atoms. The number of carbonyl (C=O) groups excluding carboxylic acids is 1. The van der Waals surface area contributed by atoms with Gasteiger partial charge in [0.1, 0.15) is 19.0 Å². The number of rotatable bonds is 4. The van der Waals surface area contributed by atoms with E-state index in [-0.39, 0.29) is 11.7 Å². The maximum Gasteiger partial charge on any atom is 0.254 e. The lowest BCUT2D eigenvalue weighted by molar-refractivity contribution is 0.0689. The van der Waals surface area contributed by atoms with Crippen LogP contribution >= 0.6 is 0 Å². The molecule has 0 atom stereocenters. The van der Waals surface area contributed by atoms with Crippen molar-refractivity contribution in [1.29, 1.82) is 0 Å². The number of amides is 1. The van der Waals surface area contributed by atoms with Crippen molar-refractivity contribution >= 4 is 5.91 Å². The number of benzene rings is 2. The van der Waals surface area contributed by atoms with Crippen molar-refractivity contribution in [2.24, 2.45) is 5.92 Å². The Labute approximate surface area is 164 Å². The normalized spacial score (nSPS) is 16.7. The summed E-state index contributed by atoms with van der Waals surface area (Å²) in [4.78, 5) is 14.9. The van der Waals surface area contributed by atoms with Gasteiger partial charge in [-0.05, 0) is 55.0 Å². The minimum atomic E-state index is -0.197. The van der Waals surface area contributed by atoms with Gasteiger partial charge in [-0.1, -0.05) is 12.1 Å². The maximum absolute atomic E-state index is 13.4. The first kappa shape index (κ1) is 18.6. The molecule has 0 N–H and O–H groups in total. The summed E-state index contributed by atoms with van der Waals surface area (Å²) >= 11 is 0. The van der Waals surface area contributed by atoms with Gasteiger partial charge in [0.05, 0.1) is 7.11 Å². The standard InChI is InChI=1S/C22H24FNO4/c1-26-19-13-17(14-20-21(19)28-10-9-27-20)22(25)24-7-5-15(6-8-24)11-16-3-2-4-18(23)12-16/h2-4,12-15H,5-11H2,1H3. The summed E-state index contributed by atoms with van der Waals surface area (Å²) in [7, 11) is 1.56. The zero-order chi connectivity index (χ0) is 19.5. The Kier molecular flexibility index (Phi) is 5.37. The van der Waals surface area contributed by atoms with E-state index in [9.17, 15) is 9.18 Å². The summed E-state index contributed by atoms with van der Waals surface area (Å²) < 4.78 is 30.0. The molecule has 0 spiro atoms. The average Bonchev–Trinajstić information content (AvgIpc) is 2.73. The Balaban J connectivity index is 1.41. The zero-order valence-corrected chi connectivity index (χ0v) is 15.9. The molecule has 0 aromatic heterocycles. The minimum Gasteiger partial charge on any atom is -0.493 e. The predicted molar refractivity (Wildman–Crippen MR) is 103 cm³/mol. The first-order valence-corrected chi connectivity index (χ1v) is 9.65. The molecule has 2 aliphatic rings. The van der Waals surface area contributed by atoms with Crippen LogP contribution in [0.15, 0.2) is 36.4 Å². The van der Waals surface area contributed by atoms with E-state index in [2.05, 4.69) is 0 Å². The summed E-state index contributed by atoms with van der Waals surface area (Å²) in [6, 6.07) is 10.2. The summed E-state index contributed by atoms with van der Waals surface area (Å²) in [5.41, 5.74) is 1.56. The van der Waals surface area contributed by atoms with Crippen molar-refractivity contribution in [2.75, 3.05) is 33.4 Å². The number of carbonyl (C=O) groups is 1. The number of fused-ring (bicyclic) bond motifs is 1. The van der Waals surface area contributed by atoms with Crippen LogP contribution in [0, 0.1) is 11.7 Å². The van der Waals surface area contributed by atoms with Crippen molar-refractivity contribution < 1.29 is 23.4 Å². The molecule has 2 heterocycles. The van der Waals surface area contributed by atoms with Crippen LogP contribution in [-0.2, 0) is 6.42 Å². The molecule has 0 bridgehead atoms. The van der Waals surface area contributed by atoms with E-state index in [0.29, 0.717) is 55.0 Å². The van der Waals surface area contributed by atoms with Gasteiger partial charge in [0, 0.05) is 18.7 Å². The molecule has 0 saturated carbocycles. The number of likely N-dealkylation sites (tertiary alicyclic amines) is 1. The highest BCUT2D eigenvalue weighted by Gasteiger charge is 2.27. The number of hydrogen-bond acceptors (Lipinski definition) is 4. The van der Waals surface area contributed by atoms with Crippen molar-refractivity contribution in [3.63, 3.8) is 0 Å². The second-order valence-corrected chi connectivity index (χ2v) is 7.27. The van der Waals surface area contributed by atoms with Gasteiger partial charge in [-0.25, -0.2) is 4.39 Å². The maximum atomic E-state index is 13.4. The molecule has 1 amide bonds. The van der Waals surface area contributed by atoms with Crippen LogP contribution in [0.2, 0.25) is 0 Å². The lowest BCUT2D eigenvalue weighted by atomic mass is 9.90. The van der Waals surface area contributed by atoms with Crippen LogP contribution in [0.4, 0.5) is 4.39 Å². The van der Waals surface area contributed by atoms with Crippen molar-refractivity contribution in [1.82, 2.24) is 4.90 Å². The molecule has 4 rings (SSSR count). The van der Waals surface area contributed by atoms with Crippen LogP contribution in [0.1, 0.15) is 28.8 Å². The zero-order valence-electron chi connectivity index (χ0n) is 15.9. The first-order valence-electron chi connectivity index (χ1n) is 9.65. The van der Waals surface area contributed by atoms with Crippen LogP contribution in [-0.4, -0.2) is 44.2 Å². The van der Waals surface area contributed by atoms with Gasteiger partial charge in [0.2, 0.25) is 5.75 Å². The molecule has 1 saturated heterocycles. The molecule has 2 aromatic rings. The third kappa shape index (κ3) is 3.91. The van der Waals surface area contributed by atoms with Gasteiger partial charge < -0.3 is 19.1 Å². The van der Waals surface area contributed by atoms with Gasteiger partial charge >= 0.3 is 0 Å². The fourth-order valence-corrected chi connectivity index (χ4v) is 3.92. The van der Waals surface area contributed by atoms with Gasteiger partial charge in [-0.3, -0.25) is 4.79 Å². The summed E-state index contributed by atoms with van der Waals surface area (Å²) in [5, 5.41) is 0. The molecule has 0 radical (unpaired) electrons. The molecule has 0 aliphatic carbocycles. The van der Waals surface area contributed by atoms with E-state index < -0.39 is 0 Å². The summed E-state index contributed by atoms with van der Waals surface area (Å²) in [5.74, 6) is 1.85. The quantitative estimate of drug-likeness (QED) is 0.805. The second-order valence-electron chi connectivity index (χ2n) is 7.27. The Morgan fingerprint density at radius 3 is 2.71 bits per heavy atom. The lowest BCUT2D eigenvalue weighted by Crippen LogP contribution is -2.39. The molecule has 5 nitrogen and oxygen atoms in total. The van der Waals surface area contributed by atoms with E-state index in [1.54, 1.807) is 31.4 Å². The average molecular weight is 385 g/mol. The highest BCUT2D eigenvalue weighted by molar-refractivity contribution is 5.95. The van der Waals surface area contributed by atoms with Gasteiger partial charge in [-0.2, -0.15) is 0 Å². The SMILES string of the molecule is COc1cc(C(=O)N2CCC(Cc3cccc(F)c3)CC2)cc2c1OCCO2. The molecule has 148 valence electrons. The Morgan fingerprint density at radius 1 is 1.18 bits per heavy atom. The van der Waals surface area contributed by atoms with Crippen LogP contribution in [0.3, 0.4) is 0 Å². The number of methoxy groups -OCH3 is 1. The van der Waals surface area contributed by atoms with Crippen molar-refractivity contribution in [3.8, 4) is 17.2 Å². The third-order valence-electron chi connectivity index (χ3n) is 5.39. The fraction of sp³-hybridized carbons (Fsp3) is 0.409. The van der Waals surface area contributed by atoms with Gasteiger partial charge in [0.15, 0.2) is 11.5 Å². The molecule has 6 heteroatoms. The first-order chi connectivity index (χ1) is 13.6. The van der Waals surface area contributed by atoms with E-state index in [4.69, 9.17) is 14.2 Å². The van der Waals surface area contributed by atoms with Crippen LogP contribution < -0.4 is 14.2 Å². The van der Waals surface area contributed by atoms with Crippen molar-refractivity contribution in [3.05, 3.63) is 53.3 Å². The molecule has 2 aromatic carbocycles. The number of hydrogen-bond donors (Lipinski definition) is 0. The van der Waals surface area contributed by atoms with E-state index in [1.165, 1.54) is 6.07 Å². The molecular formula is C22H24FNO4. The summed E-state index contributed by atoms with van der Waals surface area (Å²) in [6.45, 7) is 2.31. The van der Waals surface area contributed by atoms with Crippen LogP contribution in [0.25, 0.3) is 0 Å². The number of halogens is 1. The summed E-state index contributed by atoms with van der Waals surface area (Å²) in [6.07, 6.45) is 2.66. The molecule has 1 fully saturated rings. The number of nitrogens with zero attached hydrogens (tertiary/aromatic N) is 1. The minimum absolute atomic E-state index is 0.0283. The Bertz CT molecular complexity index is 844. The second kappa shape index (κ2) is 8.09. The van der Waals surface area contributed by atoms with E-state index in [0.717, 1.165) is 24.8 Å². The smallest absolute Gasteiger partial charge is 0.254 e. The Hall–Kier alpha value is -2.76. The lowest BCUT2D eigenvalue weighted by Gasteiger charge is -2.32. The van der Waals surface area contributed by atoms with Crippen LogP contribution in [0.5, 0.6) is 17.2 Å². The highest BCUT2D eigenvalue weighted by Crippen LogP contribution is 2.40. The Morgan fingerprint density at radius 2 is 1.96 bits per heavy atom. The number of piperidine rings is 1. The third-order valence-corrected chi connectivity index (χ3v) is 5.39. The van der Waals surface area contributed by atoms with Crippen molar-refractivity contribution in [2.45, 2.75) is 19.3 Å². The number of ether oxygens (including phenoxy) is 3. The fourth-order valence-electron chi connectivity index (χ4n) is 3.92. The largest absolute Gasteiger partial charge is 0.493 e. The molecule has 2 aliphatic heterocycles. The molecular weight excluding hydrogens is 361 g/mol. The highest BCUT2D eigenvalue weighted by atomic mass is 19.1. The topological polar surface area (TPSA) is 48.0 Å². The molecule has 0 unspecified atom stereocenters. The van der Waals surface area contributed by atoms with Gasteiger partial charge in [-0.15, -0.1) is 0 Å².